The summed E-state index contributed by atoms with van der Waals surface area (Å²) in [5.74, 6) is 1.28. The third-order valence-corrected chi connectivity index (χ3v) is 29.9. The molecule has 0 aliphatic carbocycles. The summed E-state index contributed by atoms with van der Waals surface area (Å²) < 4.78 is 9.68. The number of hydrogen-bond acceptors (Lipinski definition) is 12. The Hall–Kier alpha value is -3.70. The fraction of sp³-hybridized carbons (Fsp3) is 0.421. The molecule has 0 aliphatic heterocycles. The van der Waals surface area contributed by atoms with Crippen LogP contribution in [0.1, 0.15) is 140 Å². The number of fused-ring (bicyclic) bond motifs is 4. The number of halogens is 1. The Morgan fingerprint density at radius 1 is 0.583 bits per heavy atom. The van der Waals surface area contributed by atoms with Crippen molar-refractivity contribution in [2.75, 3.05) is 11.5 Å². The van der Waals surface area contributed by atoms with Gasteiger partial charge in [-0.05, 0) is 120 Å². The van der Waals surface area contributed by atoms with Crippen molar-refractivity contribution >= 4 is 145 Å². The largest absolute Gasteiger partial charge is 0.383 e. The van der Waals surface area contributed by atoms with E-state index in [0.29, 0.717) is 16.8 Å². The molecule has 0 bridgehead atoms. The minimum absolute atomic E-state index is 0. The first-order chi connectivity index (χ1) is 32.7. The van der Waals surface area contributed by atoms with Crippen LogP contribution in [0.15, 0.2) is 86.8 Å². The van der Waals surface area contributed by atoms with E-state index in [0.717, 1.165) is 48.5 Å². The van der Waals surface area contributed by atoms with E-state index in [4.69, 9.17) is 23.1 Å². The van der Waals surface area contributed by atoms with E-state index >= 15 is 0 Å². The number of thiophene rings is 5. The Bertz CT molecular complexity index is 2730. The number of nitrogen functional groups attached to an aromatic ring is 2. The van der Waals surface area contributed by atoms with Gasteiger partial charge in [-0.1, -0.05) is 55.2 Å². The normalized spacial score (nSPS) is 9.94. The van der Waals surface area contributed by atoms with Crippen molar-refractivity contribution in [2.45, 2.75) is 156 Å². The zero-order chi connectivity index (χ0) is 50.2. The van der Waals surface area contributed by atoms with Gasteiger partial charge in [0, 0.05) is 59.7 Å². The smallest absolute Gasteiger partial charge is 0.256 e. The summed E-state index contributed by atoms with van der Waals surface area (Å²) in [7, 11) is 0. The molecule has 0 fully saturated rings. The maximum Gasteiger partial charge on any atom is 0.256 e. The van der Waals surface area contributed by atoms with Gasteiger partial charge < -0.3 is 16.5 Å². The first-order valence-corrected chi connectivity index (χ1v) is 37.1. The molecule has 5 N–H and O–H groups in total. The topological polar surface area (TPSA) is 141 Å². The fourth-order valence-corrected chi connectivity index (χ4v) is 24.6. The zero-order valence-electron chi connectivity index (χ0n) is 41.8. The molecule has 0 atom stereocenters. The molecule has 0 radical (unpaired) electrons. The van der Waals surface area contributed by atoms with Gasteiger partial charge in [0.1, 0.15) is 16.8 Å². The Labute approximate surface area is 463 Å². The van der Waals surface area contributed by atoms with Crippen LogP contribution in [0.4, 0.5) is 11.6 Å². The summed E-state index contributed by atoms with van der Waals surface area (Å²) in [5.41, 5.74) is 17.3. The molecule has 9 aromatic heterocycles. The summed E-state index contributed by atoms with van der Waals surface area (Å²) in [6.07, 6.45) is 16.5. The number of unbranched alkanes of at least 4 members (excludes halogenated alkanes) is 3. The van der Waals surface area contributed by atoms with Gasteiger partial charge in [0.2, 0.25) is 0 Å². The van der Waals surface area contributed by atoms with Crippen LogP contribution in [-0.4, -0.2) is 44.6 Å². The minimum Gasteiger partial charge on any atom is -0.383 e. The number of nitrogens with two attached hydrogens (primary N) is 2. The van der Waals surface area contributed by atoms with E-state index in [1.807, 2.05) is 75.7 Å². The van der Waals surface area contributed by atoms with E-state index in [9.17, 15) is 9.59 Å². The first kappa shape index (κ1) is 70.4. The zero-order valence-corrected chi connectivity index (χ0v) is 49.4. The van der Waals surface area contributed by atoms with Gasteiger partial charge in [-0.3, -0.25) is 9.59 Å². The Morgan fingerprint density at radius 2 is 0.958 bits per heavy atom. The molecule has 8 nitrogen and oxygen atoms in total. The number of carbonyl (C=O) groups excluding carboxylic acids is 1. The number of carbonyl (C=O) groups is 1. The van der Waals surface area contributed by atoms with Crippen LogP contribution in [0.3, 0.4) is 0 Å². The molecule has 72 heavy (non-hydrogen) atoms. The number of anilines is 2. The Morgan fingerprint density at radius 3 is 1.29 bits per heavy atom. The van der Waals surface area contributed by atoms with Gasteiger partial charge in [0.15, 0.2) is 6.29 Å². The average molecular weight is 1200 g/mol. The van der Waals surface area contributed by atoms with E-state index in [1.54, 1.807) is 83.4 Å². The monoisotopic (exact) mass is 1200 g/mol. The second-order valence-electron chi connectivity index (χ2n) is 16.6. The van der Waals surface area contributed by atoms with Crippen molar-refractivity contribution in [2.24, 2.45) is 0 Å². The predicted molar refractivity (Wildman–Crippen MR) is 338 cm³/mol. The second-order valence-corrected chi connectivity index (χ2v) is 36.2. The average Bonchev–Trinajstić information content (AvgIpc) is 4.20. The molecule has 0 aliphatic rings. The molecular formula is C57H87ClN6O2S5Sn. The molecule has 0 amide bonds. The Balaban J connectivity index is 0. The molecule has 0 aromatic carbocycles. The molecular weight excluding hydrogens is 1120 g/mol. The SMILES string of the molecule is C.C.C.C.CC.CCC[CH2][Sn]([CH3])([CH2]CCC)[CH2]CCC.Cc1csc(C=O)c1.Cc1csc2cc[nH]c(=O)c12.Cc1csc2ccnc(Cl)c12.Cc1csc2ccnc(N)c12.Cc1csc2ccnc(N)c12. The third-order valence-electron chi connectivity index (χ3n) is 11.0. The molecule has 0 spiro atoms. The van der Waals surface area contributed by atoms with Crippen molar-refractivity contribution < 1.29 is 4.79 Å². The summed E-state index contributed by atoms with van der Waals surface area (Å²) >= 11 is 12.5. The van der Waals surface area contributed by atoms with Crippen molar-refractivity contribution in [1.82, 2.24) is 19.9 Å². The number of H-pyrrole nitrogens is 1. The van der Waals surface area contributed by atoms with Gasteiger partial charge in [-0.25, -0.2) is 15.0 Å². The van der Waals surface area contributed by atoms with Crippen LogP contribution < -0.4 is 17.0 Å². The van der Waals surface area contributed by atoms with E-state index in [-0.39, 0.29) is 35.3 Å². The van der Waals surface area contributed by atoms with Crippen LogP contribution in [0.5, 0.6) is 0 Å². The number of aromatic amines is 1. The van der Waals surface area contributed by atoms with Gasteiger partial charge in [-0.2, -0.15) is 0 Å². The summed E-state index contributed by atoms with van der Waals surface area (Å²) in [6.45, 7) is 21.1. The predicted octanol–water partition coefficient (Wildman–Crippen LogP) is 20.4. The number of rotatable bonds is 10. The van der Waals surface area contributed by atoms with E-state index in [1.165, 1.54) is 80.7 Å². The van der Waals surface area contributed by atoms with Crippen LogP contribution in [0.2, 0.25) is 23.4 Å². The Kier molecular flexibility index (Phi) is 36.3. The van der Waals surface area contributed by atoms with E-state index in [2.05, 4.69) is 75.6 Å². The molecule has 0 unspecified atom stereocenters. The first-order valence-electron chi connectivity index (χ1n) is 23.4. The maximum absolute atomic E-state index is 11.2. The number of hydrogen-bond donors (Lipinski definition) is 3. The summed E-state index contributed by atoms with van der Waals surface area (Å²) in [5, 5.41) is 15.0. The molecule has 9 aromatic rings. The molecule has 9 heterocycles. The summed E-state index contributed by atoms with van der Waals surface area (Å²) in [6, 6.07) is 9.76. The molecule has 398 valence electrons. The quantitative estimate of drug-likeness (QED) is 0.0703. The number of aromatic nitrogens is 4. The fourth-order valence-electron chi connectivity index (χ4n) is 7.26. The number of aldehydes is 1. The van der Waals surface area contributed by atoms with Gasteiger partial charge >= 0.3 is 95.9 Å². The minimum atomic E-state index is -1.56. The van der Waals surface area contributed by atoms with Crippen LogP contribution in [0.25, 0.3) is 40.3 Å². The van der Waals surface area contributed by atoms with Crippen molar-refractivity contribution in [3.8, 4) is 0 Å². The molecule has 0 saturated heterocycles. The second kappa shape index (κ2) is 37.1. The standard InChI is InChI=1S/C8H6ClNS.2C8H8N2S.C8H7NOS.C6H6OS.3C4H9.C2H6.4CH4.CH3.Sn/c3*1-5-4-11-6-2-3-10-8(9)7(5)6;1-5-4-11-6-2-3-9-8(10)7(5)6;1-5-2-6(3-7)8-4-5;3*1-3-4-2;1-2;;;;;;/h2-4H,1H3;2*2-4H,1H3,(H2,9,10);2-4H,1H3,(H,9,10);2-4H,1H3;3*1,3-4H2,2H3;1-2H3;4*1H4;1H3;. The number of pyridine rings is 4. The molecule has 9 rings (SSSR count). The number of nitrogens with zero attached hydrogens (tertiary/aromatic N) is 3. The number of aryl methyl sites for hydroxylation is 5. The van der Waals surface area contributed by atoms with Gasteiger partial charge in [0.05, 0.1) is 10.3 Å². The third kappa shape index (κ3) is 21.6. The molecule has 0 saturated carbocycles. The van der Waals surface area contributed by atoms with Gasteiger partial charge in [-0.15, -0.1) is 56.7 Å². The maximum atomic E-state index is 11.2. The molecule has 15 heteroatoms. The van der Waals surface area contributed by atoms with Crippen molar-refractivity contribution in [3.63, 3.8) is 0 Å². The van der Waals surface area contributed by atoms with Crippen molar-refractivity contribution in [3.05, 3.63) is 130 Å². The van der Waals surface area contributed by atoms with Crippen LogP contribution >= 0.6 is 68.3 Å². The van der Waals surface area contributed by atoms with Crippen LogP contribution in [-0.2, 0) is 0 Å². The van der Waals surface area contributed by atoms with Crippen molar-refractivity contribution in [1.29, 1.82) is 0 Å². The van der Waals surface area contributed by atoms with E-state index < -0.39 is 18.4 Å². The number of nitrogens with one attached hydrogen (secondary N) is 1. The summed E-state index contributed by atoms with van der Waals surface area (Å²) in [4.78, 5) is 39.5. The van der Waals surface area contributed by atoms with Crippen LogP contribution in [0, 0.1) is 34.6 Å². The van der Waals surface area contributed by atoms with Gasteiger partial charge in [0.25, 0.3) is 5.56 Å².